The van der Waals surface area contributed by atoms with E-state index in [2.05, 4.69) is 5.32 Å². The summed E-state index contributed by atoms with van der Waals surface area (Å²) in [5.74, 6) is -2.66. The number of benzene rings is 3. The van der Waals surface area contributed by atoms with E-state index in [1.807, 2.05) is 60.7 Å². The Morgan fingerprint density at radius 3 is 2.27 bits per heavy atom. The molecule has 260 valence electrons. The monoisotopic (exact) mass is 675 g/mol. The van der Waals surface area contributed by atoms with Gasteiger partial charge in [-0.2, -0.15) is 0 Å². The molecule has 0 unspecified atom stereocenters. The molecule has 2 aliphatic heterocycles. The van der Waals surface area contributed by atoms with Crippen molar-refractivity contribution in [2.45, 2.75) is 62.7 Å². The van der Waals surface area contributed by atoms with Gasteiger partial charge in [-0.1, -0.05) is 79.7 Å². The highest BCUT2D eigenvalue weighted by atomic mass is 16.6. The smallest absolute Gasteiger partial charge is 0.264 e. The molecule has 2 aliphatic rings. The molecule has 3 aromatic rings. The topological polar surface area (TPSA) is 200 Å². The summed E-state index contributed by atoms with van der Waals surface area (Å²) >= 11 is 0. The van der Waals surface area contributed by atoms with Gasteiger partial charge < -0.3 is 50.5 Å². The van der Waals surface area contributed by atoms with Crippen LogP contribution in [0.4, 0.5) is 11.4 Å². The number of fused-ring (bicyclic) bond motifs is 1. The highest BCUT2D eigenvalue weighted by molar-refractivity contribution is 6.08. The summed E-state index contributed by atoms with van der Waals surface area (Å²) in [7, 11) is 0. The molecule has 3 amide bonds. The largest absolute Gasteiger partial charge is 0.395 e. The first-order valence-corrected chi connectivity index (χ1v) is 16.0. The number of ether oxygens (including phenoxy) is 1. The van der Waals surface area contributed by atoms with Gasteiger partial charge in [-0.15, -0.1) is 0 Å². The van der Waals surface area contributed by atoms with Crippen LogP contribution in [0.25, 0.3) is 0 Å². The number of nitrogens with one attached hydrogen (secondary N) is 1. The molecule has 5 rings (SSSR count). The van der Waals surface area contributed by atoms with Crippen molar-refractivity contribution in [2.24, 2.45) is 5.92 Å². The molecule has 7 atom stereocenters. The van der Waals surface area contributed by atoms with E-state index >= 15 is 0 Å². The van der Waals surface area contributed by atoms with Crippen LogP contribution in [0.2, 0.25) is 0 Å². The van der Waals surface area contributed by atoms with Gasteiger partial charge in [-0.25, -0.2) is 0 Å². The summed E-state index contributed by atoms with van der Waals surface area (Å²) in [6.45, 7) is 2.01. The Kier molecular flexibility index (Phi) is 11.3. The Balaban J connectivity index is 1.39. The van der Waals surface area contributed by atoms with Gasteiger partial charge in [-0.3, -0.25) is 14.4 Å². The van der Waals surface area contributed by atoms with Gasteiger partial charge in [0, 0.05) is 36.7 Å². The van der Waals surface area contributed by atoms with Crippen molar-refractivity contribution < 1.29 is 49.8 Å². The fourth-order valence-electron chi connectivity index (χ4n) is 6.10. The Morgan fingerprint density at radius 1 is 0.959 bits per heavy atom. The first kappa shape index (κ1) is 35.8. The number of aliphatic hydroxyl groups excluding tert-OH is 5. The number of rotatable bonds is 12. The van der Waals surface area contributed by atoms with E-state index in [9.17, 15) is 45.0 Å². The van der Waals surface area contributed by atoms with Crippen LogP contribution >= 0.6 is 0 Å². The number of nitrogens with zero attached hydrogens (tertiary/aromatic N) is 2. The molecule has 7 N–H and O–H groups in total. The van der Waals surface area contributed by atoms with Gasteiger partial charge in [-0.05, 0) is 29.3 Å². The van der Waals surface area contributed by atoms with E-state index in [0.717, 1.165) is 11.1 Å². The summed E-state index contributed by atoms with van der Waals surface area (Å²) in [6, 6.07) is 23.0. The van der Waals surface area contributed by atoms with Gasteiger partial charge in [0.05, 0.1) is 18.8 Å². The molecule has 0 aliphatic carbocycles. The summed E-state index contributed by atoms with van der Waals surface area (Å²) < 4.78 is 5.03. The Morgan fingerprint density at radius 2 is 1.61 bits per heavy atom. The number of amides is 3. The number of hydrogen-bond acceptors (Lipinski definition) is 10. The Hall–Kier alpha value is -4.47. The van der Waals surface area contributed by atoms with Crippen LogP contribution in [0.5, 0.6) is 0 Å². The average molecular weight is 676 g/mol. The van der Waals surface area contributed by atoms with Crippen molar-refractivity contribution >= 4 is 29.1 Å². The minimum absolute atomic E-state index is 0.0474. The Labute approximate surface area is 283 Å². The normalized spacial score (nSPS) is 25.7. The van der Waals surface area contributed by atoms with Crippen LogP contribution in [-0.4, -0.2) is 97.1 Å². The van der Waals surface area contributed by atoms with Gasteiger partial charge in [0.15, 0.2) is 18.0 Å². The van der Waals surface area contributed by atoms with E-state index in [1.165, 1.54) is 21.9 Å². The van der Waals surface area contributed by atoms with E-state index in [4.69, 9.17) is 4.74 Å². The third-order valence-corrected chi connectivity index (χ3v) is 8.88. The number of anilines is 2. The summed E-state index contributed by atoms with van der Waals surface area (Å²) in [6.07, 6.45) is -6.05. The minimum atomic E-state index is -2.11. The molecule has 0 saturated carbocycles. The molecule has 1 fully saturated rings. The molecule has 13 nitrogen and oxygen atoms in total. The predicted octanol–water partition coefficient (Wildman–Crippen LogP) is 0.763. The van der Waals surface area contributed by atoms with Crippen molar-refractivity contribution in [3.8, 4) is 0 Å². The zero-order chi connectivity index (χ0) is 35.3. The maximum atomic E-state index is 14.1. The van der Waals surface area contributed by atoms with E-state index in [0.29, 0.717) is 12.2 Å². The zero-order valence-electron chi connectivity index (χ0n) is 26.9. The van der Waals surface area contributed by atoms with Crippen LogP contribution in [-0.2, 0) is 37.8 Å². The van der Waals surface area contributed by atoms with Gasteiger partial charge in [0.2, 0.25) is 5.91 Å². The number of hydrogen-bond donors (Lipinski definition) is 7. The minimum Gasteiger partial charge on any atom is -0.395 e. The maximum Gasteiger partial charge on any atom is 0.264 e. The summed E-state index contributed by atoms with van der Waals surface area (Å²) in [4.78, 5) is 43.2. The molecule has 2 heterocycles. The van der Waals surface area contributed by atoms with E-state index in [1.54, 1.807) is 25.1 Å². The molecule has 49 heavy (non-hydrogen) atoms. The van der Waals surface area contributed by atoms with Crippen molar-refractivity contribution in [1.82, 2.24) is 4.90 Å². The lowest BCUT2D eigenvalue weighted by Crippen LogP contribution is -2.60. The summed E-state index contributed by atoms with van der Waals surface area (Å²) in [5, 5.41) is 64.2. The number of aliphatic hydroxyl groups is 6. The fourth-order valence-corrected chi connectivity index (χ4v) is 6.10. The first-order valence-electron chi connectivity index (χ1n) is 16.0. The SMILES string of the molecule is C[C@@H](/C=C/CC(=O)N(CCO)Cc1ccccc1)[C@]1(O)C(=O)N(Cc2ccccc2)c2ccc(NC(=O)[C@H]3O[C@@H](O)[C@H](O)[C@@H](O)[C@@H]3O)cc21. The molecule has 1 saturated heterocycles. The highest BCUT2D eigenvalue weighted by Gasteiger charge is 2.53. The van der Waals surface area contributed by atoms with Crippen LogP contribution in [0.3, 0.4) is 0 Å². The second-order valence-electron chi connectivity index (χ2n) is 12.2. The molecular formula is C36H41N3O10. The standard InChI is InChI=1S/C36H41N3O10/c1-22(9-8-14-28(41)38(17-18-40)20-23-10-4-2-5-11-23)36(48)26-19-25(37-33(45)32-30(43)29(42)31(44)34(46)49-32)15-16-27(26)39(35(36)47)21-24-12-6-3-7-13-24/h2-13,15-16,19,22,29-32,34,40,42-44,46,48H,14,17-18,20-21H2,1H3,(H,37,45)/b9-8+/t22-,29-,30-,31+,32-,34+,36+/m0/s1. The predicted molar refractivity (Wildman–Crippen MR) is 177 cm³/mol. The zero-order valence-corrected chi connectivity index (χ0v) is 26.9. The summed E-state index contributed by atoms with van der Waals surface area (Å²) in [5.41, 5.74) is 0.292. The fraction of sp³-hybridized carbons (Fsp3) is 0.361. The third-order valence-electron chi connectivity index (χ3n) is 8.88. The van der Waals surface area contributed by atoms with Gasteiger partial charge >= 0.3 is 0 Å². The number of carbonyl (C=O) groups is 3. The van der Waals surface area contributed by atoms with Crippen LogP contribution in [0.1, 0.15) is 30.0 Å². The molecule has 0 bridgehead atoms. The second kappa shape index (κ2) is 15.4. The van der Waals surface area contributed by atoms with Crippen molar-refractivity contribution in [3.05, 3.63) is 108 Å². The first-order chi connectivity index (χ1) is 23.4. The molecule has 3 aromatic carbocycles. The van der Waals surface area contributed by atoms with Gasteiger partial charge in [0.25, 0.3) is 11.8 Å². The third kappa shape index (κ3) is 7.58. The molecule has 13 heteroatoms. The second-order valence-corrected chi connectivity index (χ2v) is 12.2. The molecule has 0 radical (unpaired) electrons. The lowest BCUT2D eigenvalue weighted by Gasteiger charge is -2.37. The molecule has 0 spiro atoms. The van der Waals surface area contributed by atoms with Crippen molar-refractivity contribution in [2.75, 3.05) is 23.4 Å². The van der Waals surface area contributed by atoms with Gasteiger partial charge in [0.1, 0.15) is 18.3 Å². The quantitative estimate of drug-likeness (QED) is 0.135. The van der Waals surface area contributed by atoms with Crippen LogP contribution < -0.4 is 10.2 Å². The van der Waals surface area contributed by atoms with E-state index in [-0.39, 0.29) is 43.3 Å². The lowest BCUT2D eigenvalue weighted by molar-refractivity contribution is -0.274. The molecular weight excluding hydrogens is 634 g/mol. The Bertz CT molecular complexity index is 1660. The molecule has 0 aromatic heterocycles. The number of carbonyl (C=O) groups excluding carboxylic acids is 3. The van der Waals surface area contributed by atoms with Crippen molar-refractivity contribution in [1.29, 1.82) is 0 Å². The lowest BCUT2D eigenvalue weighted by atomic mass is 9.82. The van der Waals surface area contributed by atoms with Crippen LogP contribution in [0.15, 0.2) is 91.0 Å². The van der Waals surface area contributed by atoms with Crippen molar-refractivity contribution in [3.63, 3.8) is 0 Å². The average Bonchev–Trinajstić information content (AvgIpc) is 3.31. The maximum absolute atomic E-state index is 14.1. The van der Waals surface area contributed by atoms with Crippen LogP contribution in [0, 0.1) is 5.92 Å². The highest BCUT2D eigenvalue weighted by Crippen LogP contribution is 2.47. The van der Waals surface area contributed by atoms with E-state index < -0.39 is 54.0 Å².